The Hall–Kier alpha value is -2.68. The van der Waals surface area contributed by atoms with Crippen LogP contribution in [0.4, 0.5) is 22.0 Å². The highest BCUT2D eigenvalue weighted by Crippen LogP contribution is 2.35. The van der Waals surface area contributed by atoms with E-state index in [-0.39, 0.29) is 18.8 Å². The van der Waals surface area contributed by atoms with Crippen molar-refractivity contribution in [2.45, 2.75) is 31.7 Å². The number of benzene rings is 2. The van der Waals surface area contributed by atoms with Crippen LogP contribution in [0.2, 0.25) is 0 Å². The minimum atomic E-state index is -4.63. The van der Waals surface area contributed by atoms with Crippen LogP contribution in [-0.2, 0) is 21.8 Å². The van der Waals surface area contributed by atoms with Crippen LogP contribution >= 0.6 is 0 Å². The van der Waals surface area contributed by atoms with Gasteiger partial charge in [0.2, 0.25) is 0 Å². The summed E-state index contributed by atoms with van der Waals surface area (Å²) in [6, 6.07) is 7.60. The number of carbonyl (C=O) groups is 1. The largest absolute Gasteiger partial charge is 0.481 e. The monoisotopic (exact) mass is 404 g/mol. The molecule has 2 rings (SSSR count). The molecule has 2 aromatic carbocycles. The molecule has 0 aliphatic rings. The zero-order valence-corrected chi connectivity index (χ0v) is 14.7. The number of carboxylic acid groups (broad SMARTS) is 1. The molecule has 0 saturated heterocycles. The number of hydrogen-bond acceptors (Lipinski definition) is 3. The van der Waals surface area contributed by atoms with E-state index < -0.39 is 35.5 Å². The number of hydrogen-bond donors (Lipinski definition) is 1. The highest BCUT2D eigenvalue weighted by molar-refractivity contribution is 5.67. The van der Waals surface area contributed by atoms with Crippen LogP contribution in [0.25, 0.3) is 0 Å². The molecule has 0 spiro atoms. The Bertz CT molecular complexity index is 785. The van der Waals surface area contributed by atoms with Gasteiger partial charge in [-0.15, -0.1) is 0 Å². The average molecular weight is 404 g/mol. The first-order valence-corrected chi connectivity index (χ1v) is 8.21. The molecule has 0 aliphatic heterocycles. The summed E-state index contributed by atoms with van der Waals surface area (Å²) in [6.07, 6.45) is -9.52. The molecule has 1 unspecified atom stereocenters. The van der Waals surface area contributed by atoms with E-state index in [0.29, 0.717) is 29.8 Å². The summed E-state index contributed by atoms with van der Waals surface area (Å²) in [5.41, 5.74) is -1.31. The van der Waals surface area contributed by atoms with E-state index in [1.807, 2.05) is 0 Å². The lowest BCUT2D eigenvalue weighted by molar-refractivity contribution is -0.185. The molecule has 0 bridgehead atoms. The number of carboxylic acids is 1. The second kappa shape index (κ2) is 8.55. The van der Waals surface area contributed by atoms with Crippen molar-refractivity contribution in [3.63, 3.8) is 0 Å². The van der Waals surface area contributed by atoms with Gasteiger partial charge < -0.3 is 14.6 Å². The van der Waals surface area contributed by atoms with E-state index in [4.69, 9.17) is 9.84 Å². The van der Waals surface area contributed by atoms with Crippen molar-refractivity contribution in [1.82, 2.24) is 0 Å². The topological polar surface area (TPSA) is 55.8 Å². The first kappa shape index (κ1) is 21.6. The number of rotatable bonds is 8. The van der Waals surface area contributed by atoms with Gasteiger partial charge in [0, 0.05) is 6.61 Å². The van der Waals surface area contributed by atoms with Gasteiger partial charge in [-0.25, -0.2) is 0 Å². The van der Waals surface area contributed by atoms with Gasteiger partial charge in [0.25, 0.3) is 0 Å². The lowest BCUT2D eigenvalue weighted by Crippen LogP contribution is -2.22. The first-order valence-electron chi connectivity index (χ1n) is 8.21. The molecule has 9 heteroatoms. The van der Waals surface area contributed by atoms with Crippen LogP contribution in [0, 0.1) is 0 Å². The fourth-order valence-electron chi connectivity index (χ4n) is 2.44. The van der Waals surface area contributed by atoms with Crippen LogP contribution in [0.3, 0.4) is 0 Å². The smallest absolute Gasteiger partial charge is 0.426 e. The molecule has 0 heterocycles. The Balaban J connectivity index is 2.14. The SMILES string of the molecule is CCOC(CC(=O)O)c1ccc(OC(F)(F)c2ccc(C(F)(F)F)cc2)cc1. The molecule has 0 aromatic heterocycles. The Kier molecular flexibility index (Phi) is 6.60. The van der Waals surface area contributed by atoms with Gasteiger partial charge in [0.15, 0.2) is 0 Å². The maximum atomic E-state index is 14.2. The second-order valence-electron chi connectivity index (χ2n) is 5.80. The van der Waals surface area contributed by atoms with Crippen molar-refractivity contribution in [3.8, 4) is 5.75 Å². The molecule has 1 atom stereocenters. The summed E-state index contributed by atoms with van der Waals surface area (Å²) in [5.74, 6) is -1.31. The molecule has 0 radical (unpaired) electrons. The highest BCUT2D eigenvalue weighted by atomic mass is 19.4. The zero-order valence-electron chi connectivity index (χ0n) is 14.7. The van der Waals surface area contributed by atoms with Crippen molar-refractivity contribution >= 4 is 5.97 Å². The standard InChI is InChI=1S/C19H17F5O4/c1-2-27-16(11-17(25)26)12-3-9-15(10-4-12)28-19(23,24)14-7-5-13(6-8-14)18(20,21)22/h3-10,16H,2,11H2,1H3,(H,25,26). The lowest BCUT2D eigenvalue weighted by atomic mass is 10.1. The van der Waals surface area contributed by atoms with E-state index in [1.54, 1.807) is 6.92 Å². The molecule has 152 valence electrons. The summed E-state index contributed by atoms with van der Waals surface area (Å²) >= 11 is 0. The molecule has 0 amide bonds. The van der Waals surface area contributed by atoms with Crippen LogP contribution in [0.5, 0.6) is 5.75 Å². The summed E-state index contributed by atoms with van der Waals surface area (Å²) in [7, 11) is 0. The Labute approximate surface area is 157 Å². The minimum Gasteiger partial charge on any atom is -0.481 e. The van der Waals surface area contributed by atoms with Crippen molar-refractivity contribution < 1.29 is 41.3 Å². The maximum absolute atomic E-state index is 14.2. The molecule has 0 saturated carbocycles. The van der Waals surface area contributed by atoms with Crippen LogP contribution in [-0.4, -0.2) is 17.7 Å². The Morgan fingerprint density at radius 2 is 1.50 bits per heavy atom. The molecule has 2 aromatic rings. The van der Waals surface area contributed by atoms with Crippen molar-refractivity contribution in [3.05, 3.63) is 65.2 Å². The number of ether oxygens (including phenoxy) is 2. The van der Waals surface area contributed by atoms with Crippen molar-refractivity contribution in [2.24, 2.45) is 0 Å². The number of aliphatic carboxylic acids is 1. The predicted molar refractivity (Wildman–Crippen MR) is 89.0 cm³/mol. The van der Waals surface area contributed by atoms with Crippen LogP contribution < -0.4 is 4.74 Å². The first-order chi connectivity index (χ1) is 13.0. The third-order valence-corrected chi connectivity index (χ3v) is 3.77. The zero-order chi connectivity index (χ0) is 20.9. The van der Waals surface area contributed by atoms with Crippen LogP contribution in [0.15, 0.2) is 48.5 Å². The Morgan fingerprint density at radius 1 is 0.964 bits per heavy atom. The van der Waals surface area contributed by atoms with Crippen LogP contribution in [0.1, 0.15) is 36.1 Å². The van der Waals surface area contributed by atoms with Gasteiger partial charge in [0.05, 0.1) is 23.7 Å². The van der Waals surface area contributed by atoms with E-state index in [0.717, 1.165) is 0 Å². The summed E-state index contributed by atoms with van der Waals surface area (Å²) in [4.78, 5) is 10.9. The fraction of sp³-hybridized carbons (Fsp3) is 0.316. The third kappa shape index (κ3) is 5.66. The maximum Gasteiger partial charge on any atom is 0.426 e. The minimum absolute atomic E-state index is 0.237. The van der Waals surface area contributed by atoms with E-state index in [9.17, 15) is 26.7 Å². The third-order valence-electron chi connectivity index (χ3n) is 3.77. The molecular weight excluding hydrogens is 387 g/mol. The van der Waals surface area contributed by atoms with E-state index in [2.05, 4.69) is 4.74 Å². The van der Waals surface area contributed by atoms with Gasteiger partial charge in [-0.2, -0.15) is 22.0 Å². The summed E-state index contributed by atoms with van der Waals surface area (Å²) in [5, 5.41) is 8.90. The van der Waals surface area contributed by atoms with Gasteiger partial charge in [-0.05, 0) is 48.9 Å². The number of alkyl halides is 5. The summed E-state index contributed by atoms with van der Waals surface area (Å²) in [6.45, 7) is 1.96. The Morgan fingerprint density at radius 3 is 1.96 bits per heavy atom. The average Bonchev–Trinajstić information content (AvgIpc) is 2.61. The lowest BCUT2D eigenvalue weighted by Gasteiger charge is -2.20. The van der Waals surface area contributed by atoms with Crippen molar-refractivity contribution in [1.29, 1.82) is 0 Å². The summed E-state index contributed by atoms with van der Waals surface area (Å²) < 4.78 is 76.0. The molecule has 0 fully saturated rings. The highest BCUT2D eigenvalue weighted by Gasteiger charge is 2.36. The molecule has 0 aliphatic carbocycles. The van der Waals surface area contributed by atoms with E-state index >= 15 is 0 Å². The quantitative estimate of drug-likeness (QED) is 0.600. The van der Waals surface area contributed by atoms with Gasteiger partial charge in [0.1, 0.15) is 5.75 Å². The number of halogens is 5. The predicted octanol–water partition coefficient (Wildman–Crippen LogP) is 5.39. The van der Waals surface area contributed by atoms with Crippen molar-refractivity contribution in [2.75, 3.05) is 6.61 Å². The fourth-order valence-corrected chi connectivity index (χ4v) is 2.44. The molecular formula is C19H17F5O4. The van der Waals surface area contributed by atoms with Gasteiger partial charge in [-0.1, -0.05) is 12.1 Å². The van der Waals surface area contributed by atoms with Gasteiger partial charge >= 0.3 is 18.3 Å². The molecule has 28 heavy (non-hydrogen) atoms. The van der Waals surface area contributed by atoms with Gasteiger partial charge in [-0.3, -0.25) is 4.79 Å². The molecule has 4 nitrogen and oxygen atoms in total. The molecule has 1 N–H and O–H groups in total. The second-order valence-corrected chi connectivity index (χ2v) is 5.80. The normalized spacial score (nSPS) is 13.2. The van der Waals surface area contributed by atoms with E-state index in [1.165, 1.54) is 24.3 Å².